The van der Waals surface area contributed by atoms with E-state index in [4.69, 9.17) is 0 Å². The Morgan fingerprint density at radius 1 is 0.677 bits per heavy atom. The first-order valence-corrected chi connectivity index (χ1v) is 11.9. The van der Waals surface area contributed by atoms with E-state index in [2.05, 4.69) is 72.8 Å². The van der Waals surface area contributed by atoms with Crippen molar-refractivity contribution < 1.29 is 22.1 Å². The number of hydrogen-bond donors (Lipinski definition) is 0. The third-order valence-corrected chi connectivity index (χ3v) is 9.11. The highest BCUT2D eigenvalue weighted by atomic mass is 31.2. The van der Waals surface area contributed by atoms with E-state index in [-0.39, 0.29) is 5.41 Å². The van der Waals surface area contributed by atoms with Gasteiger partial charge in [-0.3, -0.25) is 4.79 Å². The molecule has 0 atom stereocenters. The van der Waals surface area contributed by atoms with Gasteiger partial charge in [0, 0.05) is 5.41 Å². The summed E-state index contributed by atoms with van der Waals surface area (Å²) in [6.45, 7) is 6.06. The average molecular weight is 448 g/mol. The minimum atomic E-state index is -6.00. The van der Waals surface area contributed by atoms with Crippen LogP contribution in [0.25, 0.3) is 0 Å². The summed E-state index contributed by atoms with van der Waals surface area (Å²) in [5.41, 5.74) is -0.358. The summed E-state index contributed by atoms with van der Waals surface area (Å²) in [7, 11) is -8.06. The van der Waals surface area contributed by atoms with E-state index in [0.29, 0.717) is 11.9 Å². The Hall–Kier alpha value is -2.46. The molecule has 7 heteroatoms. The van der Waals surface area contributed by atoms with Crippen LogP contribution in [0.5, 0.6) is 0 Å². The lowest BCUT2D eigenvalue weighted by molar-refractivity contribution is -0.123. The molecule has 1 nitrogen and oxygen atoms in total. The summed E-state index contributed by atoms with van der Waals surface area (Å²) >= 11 is 0. The van der Waals surface area contributed by atoms with Gasteiger partial charge in [-0.15, -0.1) is 0 Å². The maximum atomic E-state index is 13.2. The lowest BCUT2D eigenvalue weighted by Crippen LogP contribution is -2.38. The molecular formula is C24H26BF4OP. The van der Waals surface area contributed by atoms with E-state index in [1.54, 1.807) is 0 Å². The molecule has 0 aliphatic carbocycles. The van der Waals surface area contributed by atoms with Gasteiger partial charge in [0.05, 0.1) is 0 Å². The van der Waals surface area contributed by atoms with Crippen molar-refractivity contribution in [1.29, 1.82) is 0 Å². The minimum Gasteiger partial charge on any atom is -0.418 e. The second-order valence-corrected chi connectivity index (χ2v) is 11.6. The van der Waals surface area contributed by atoms with Crippen LogP contribution in [0.2, 0.25) is 0 Å². The van der Waals surface area contributed by atoms with Gasteiger partial charge >= 0.3 is 7.25 Å². The summed E-state index contributed by atoms with van der Waals surface area (Å²) in [6, 6.07) is 31.7. The van der Waals surface area contributed by atoms with E-state index in [1.807, 2.05) is 39.0 Å². The van der Waals surface area contributed by atoms with Crippen molar-refractivity contribution in [3.63, 3.8) is 0 Å². The van der Waals surface area contributed by atoms with Crippen LogP contribution in [0.3, 0.4) is 0 Å². The normalized spacial score (nSPS) is 12.0. The quantitative estimate of drug-likeness (QED) is 0.270. The second-order valence-electron chi connectivity index (χ2n) is 8.14. The number of halogens is 4. The first-order chi connectivity index (χ1) is 14.4. The van der Waals surface area contributed by atoms with E-state index in [1.165, 1.54) is 15.9 Å². The molecule has 3 rings (SSSR count). The molecule has 0 N–H and O–H groups in total. The fraction of sp³-hybridized carbons (Fsp3) is 0.208. The zero-order valence-corrected chi connectivity index (χ0v) is 18.7. The molecule has 0 fully saturated rings. The zero-order chi connectivity index (χ0) is 23.1. The standard InChI is InChI=1S/C24H26OP.BF4/c1-24(2,3)23(25)19-26(20-13-7-4-8-14-20,21-15-9-5-10-16-21)22-17-11-6-12-18-22;2-1(3,4)5/h4-18H,19H2,1-3H3;/q+1;-1. The van der Waals surface area contributed by atoms with Crippen LogP contribution in [-0.4, -0.2) is 19.2 Å². The van der Waals surface area contributed by atoms with Gasteiger partial charge in [0.1, 0.15) is 29.3 Å². The van der Waals surface area contributed by atoms with Crippen LogP contribution in [-0.2, 0) is 4.79 Å². The molecule has 0 radical (unpaired) electrons. The lowest BCUT2D eigenvalue weighted by atomic mass is 9.92. The van der Waals surface area contributed by atoms with Crippen LogP contribution in [0, 0.1) is 5.41 Å². The Kier molecular flexibility index (Phi) is 8.19. The number of hydrogen-bond acceptors (Lipinski definition) is 1. The highest BCUT2D eigenvalue weighted by molar-refractivity contribution is 7.96. The van der Waals surface area contributed by atoms with Gasteiger partial charge in [-0.2, -0.15) is 0 Å². The third-order valence-electron chi connectivity index (χ3n) is 4.81. The molecule has 0 saturated carbocycles. The van der Waals surface area contributed by atoms with Crippen molar-refractivity contribution in [2.45, 2.75) is 20.8 Å². The Labute approximate surface area is 182 Å². The van der Waals surface area contributed by atoms with Gasteiger partial charge in [-0.1, -0.05) is 75.4 Å². The molecular weight excluding hydrogens is 422 g/mol. The SMILES string of the molecule is CC(C)(C)C(=O)C[P+](c1ccccc1)(c1ccccc1)c1ccccc1.F[B-](F)(F)F. The van der Waals surface area contributed by atoms with Gasteiger partial charge in [0.2, 0.25) is 0 Å². The summed E-state index contributed by atoms with van der Waals surface area (Å²) in [4.78, 5) is 13.2. The molecule has 3 aromatic rings. The topological polar surface area (TPSA) is 17.1 Å². The number of ketones is 1. The monoisotopic (exact) mass is 448 g/mol. The largest absolute Gasteiger partial charge is 0.673 e. The smallest absolute Gasteiger partial charge is 0.418 e. The number of Topliss-reactive ketones (excluding diaryl/α,β-unsaturated/α-hetero) is 1. The summed E-state index contributed by atoms with van der Waals surface area (Å²) in [6.07, 6.45) is 0.550. The maximum Gasteiger partial charge on any atom is 0.673 e. The van der Waals surface area contributed by atoms with E-state index in [0.717, 1.165) is 0 Å². The molecule has 0 saturated heterocycles. The molecule has 0 amide bonds. The van der Waals surface area contributed by atoms with Crippen LogP contribution < -0.4 is 15.9 Å². The third kappa shape index (κ3) is 7.04. The predicted octanol–water partition coefficient (Wildman–Crippen LogP) is 5.90. The van der Waals surface area contributed by atoms with E-state index in [9.17, 15) is 22.1 Å². The summed E-state index contributed by atoms with van der Waals surface area (Å²) < 4.78 is 39.0. The molecule has 31 heavy (non-hydrogen) atoms. The molecule has 0 aliphatic heterocycles. The van der Waals surface area contributed by atoms with Crippen molar-refractivity contribution in [3.05, 3.63) is 91.0 Å². The molecule has 0 heterocycles. The highest BCUT2D eigenvalue weighted by Crippen LogP contribution is 2.56. The Morgan fingerprint density at radius 3 is 1.16 bits per heavy atom. The number of carbonyl (C=O) groups excluding carboxylic acids is 1. The van der Waals surface area contributed by atoms with Gasteiger partial charge in [0.25, 0.3) is 0 Å². The minimum absolute atomic E-state index is 0.308. The summed E-state index contributed by atoms with van der Waals surface area (Å²) in [5, 5.41) is 3.78. The van der Waals surface area contributed by atoms with E-state index >= 15 is 0 Å². The number of benzene rings is 3. The van der Waals surface area contributed by atoms with Crippen molar-refractivity contribution in [2.24, 2.45) is 5.41 Å². The van der Waals surface area contributed by atoms with Gasteiger partial charge < -0.3 is 17.3 Å². The molecule has 3 aromatic carbocycles. The number of rotatable bonds is 5. The summed E-state index contributed by atoms with van der Waals surface area (Å²) in [5.74, 6) is 0.308. The lowest BCUT2D eigenvalue weighted by Gasteiger charge is -2.29. The zero-order valence-electron chi connectivity index (χ0n) is 17.8. The fourth-order valence-corrected chi connectivity index (χ4v) is 7.61. The first-order valence-electron chi connectivity index (χ1n) is 9.90. The van der Waals surface area contributed by atoms with E-state index < -0.39 is 14.5 Å². The average Bonchev–Trinajstić information content (AvgIpc) is 2.72. The second kappa shape index (κ2) is 10.2. The Balaban J connectivity index is 0.000000614. The van der Waals surface area contributed by atoms with Gasteiger partial charge in [-0.05, 0) is 36.4 Å². The van der Waals surface area contributed by atoms with Gasteiger partial charge in [-0.25, -0.2) is 0 Å². The van der Waals surface area contributed by atoms with Gasteiger partial charge in [0.15, 0.2) is 5.78 Å². The van der Waals surface area contributed by atoms with Crippen LogP contribution >= 0.6 is 7.26 Å². The Bertz CT molecular complexity index is 853. The fourth-order valence-electron chi connectivity index (χ4n) is 3.22. The van der Waals surface area contributed by atoms with Crippen LogP contribution in [0.15, 0.2) is 91.0 Å². The predicted molar refractivity (Wildman–Crippen MR) is 125 cm³/mol. The molecule has 0 spiro atoms. The first kappa shape index (κ1) is 24.8. The van der Waals surface area contributed by atoms with Crippen LogP contribution in [0.4, 0.5) is 17.3 Å². The van der Waals surface area contributed by atoms with Crippen LogP contribution in [0.1, 0.15) is 20.8 Å². The molecule has 0 bridgehead atoms. The van der Waals surface area contributed by atoms with Crippen molar-refractivity contribution in [3.8, 4) is 0 Å². The van der Waals surface area contributed by atoms with Crippen molar-refractivity contribution in [1.82, 2.24) is 0 Å². The Morgan fingerprint density at radius 2 is 0.935 bits per heavy atom. The molecule has 0 aliphatic rings. The highest BCUT2D eigenvalue weighted by Gasteiger charge is 2.48. The molecule has 164 valence electrons. The molecule has 0 aromatic heterocycles. The number of carbonyl (C=O) groups is 1. The maximum absolute atomic E-state index is 13.2. The molecule has 0 unspecified atom stereocenters. The van der Waals surface area contributed by atoms with Crippen molar-refractivity contribution in [2.75, 3.05) is 6.16 Å². The van der Waals surface area contributed by atoms with Crippen molar-refractivity contribution >= 4 is 36.2 Å².